The van der Waals surface area contributed by atoms with Crippen molar-refractivity contribution in [1.82, 2.24) is 10.2 Å². The topological polar surface area (TPSA) is 58.6 Å². The highest BCUT2D eigenvalue weighted by atomic mass is 16.5. The van der Waals surface area contributed by atoms with Crippen LogP contribution in [0.5, 0.6) is 0 Å². The van der Waals surface area contributed by atoms with Crippen molar-refractivity contribution >= 4 is 11.8 Å². The van der Waals surface area contributed by atoms with Crippen LogP contribution in [0, 0.1) is 5.92 Å². The summed E-state index contributed by atoms with van der Waals surface area (Å²) >= 11 is 0. The zero-order valence-corrected chi connectivity index (χ0v) is 11.7. The van der Waals surface area contributed by atoms with E-state index in [1.165, 1.54) is 0 Å². The zero-order valence-electron chi connectivity index (χ0n) is 11.7. The Kier molecular flexibility index (Phi) is 5.59. The maximum Gasteiger partial charge on any atom is 0.245 e. The van der Waals surface area contributed by atoms with Gasteiger partial charge >= 0.3 is 0 Å². The van der Waals surface area contributed by atoms with Crippen molar-refractivity contribution in [2.24, 2.45) is 5.92 Å². The smallest absolute Gasteiger partial charge is 0.245 e. The van der Waals surface area contributed by atoms with E-state index in [1.54, 1.807) is 12.0 Å². The average Bonchev–Trinajstić information content (AvgIpc) is 2.49. The fourth-order valence-electron chi connectivity index (χ4n) is 2.21. The van der Waals surface area contributed by atoms with E-state index in [9.17, 15) is 9.59 Å². The summed E-state index contributed by atoms with van der Waals surface area (Å²) in [5, 5.41) is 2.84. The number of rotatable bonds is 5. The molecular formula is C13H24N2O3. The van der Waals surface area contributed by atoms with E-state index in [1.807, 2.05) is 20.8 Å². The van der Waals surface area contributed by atoms with E-state index in [0.29, 0.717) is 19.6 Å². The van der Waals surface area contributed by atoms with E-state index < -0.39 is 6.04 Å². The maximum absolute atomic E-state index is 12.5. The lowest BCUT2D eigenvalue weighted by molar-refractivity contribution is -0.137. The molecule has 3 atom stereocenters. The van der Waals surface area contributed by atoms with Crippen LogP contribution in [0.1, 0.15) is 33.6 Å². The summed E-state index contributed by atoms with van der Waals surface area (Å²) in [4.78, 5) is 25.9. The molecule has 18 heavy (non-hydrogen) atoms. The lowest BCUT2D eigenvalue weighted by Crippen LogP contribution is -2.51. The highest BCUT2D eigenvalue weighted by Gasteiger charge is 2.34. The summed E-state index contributed by atoms with van der Waals surface area (Å²) in [7, 11) is 1.62. The van der Waals surface area contributed by atoms with Crippen molar-refractivity contribution in [2.75, 3.05) is 20.3 Å². The molecule has 1 heterocycles. The van der Waals surface area contributed by atoms with Gasteiger partial charge in [-0.05, 0) is 12.8 Å². The first-order chi connectivity index (χ1) is 8.51. The Balaban J connectivity index is 2.85. The summed E-state index contributed by atoms with van der Waals surface area (Å²) in [6, 6.07) is -0.397. The molecule has 3 unspecified atom stereocenters. The first kappa shape index (κ1) is 15.0. The summed E-state index contributed by atoms with van der Waals surface area (Å²) in [5.74, 6) is 0.123. The van der Waals surface area contributed by atoms with Gasteiger partial charge < -0.3 is 15.0 Å². The van der Waals surface area contributed by atoms with Gasteiger partial charge in [0.1, 0.15) is 6.04 Å². The Hall–Kier alpha value is -1.10. The molecule has 0 bridgehead atoms. The van der Waals surface area contributed by atoms with Gasteiger partial charge in [-0.15, -0.1) is 0 Å². The fraction of sp³-hybridized carbons (Fsp3) is 0.846. The molecule has 0 aliphatic carbocycles. The molecule has 0 radical (unpaired) electrons. The van der Waals surface area contributed by atoms with Crippen molar-refractivity contribution in [3.05, 3.63) is 0 Å². The quantitative estimate of drug-likeness (QED) is 0.791. The van der Waals surface area contributed by atoms with Crippen molar-refractivity contribution < 1.29 is 14.3 Å². The number of hydrogen-bond donors (Lipinski definition) is 1. The van der Waals surface area contributed by atoms with E-state index >= 15 is 0 Å². The van der Waals surface area contributed by atoms with Gasteiger partial charge in [-0.3, -0.25) is 9.59 Å². The molecule has 0 aromatic rings. The van der Waals surface area contributed by atoms with Crippen molar-refractivity contribution in [3.63, 3.8) is 0 Å². The molecule has 0 saturated carbocycles. The van der Waals surface area contributed by atoms with Crippen molar-refractivity contribution in [3.8, 4) is 0 Å². The summed E-state index contributed by atoms with van der Waals surface area (Å²) in [6.45, 7) is 6.94. The largest absolute Gasteiger partial charge is 0.383 e. The van der Waals surface area contributed by atoms with Crippen LogP contribution in [0.15, 0.2) is 0 Å². The van der Waals surface area contributed by atoms with Gasteiger partial charge in [-0.1, -0.05) is 20.3 Å². The van der Waals surface area contributed by atoms with Crippen LogP contribution in [0.3, 0.4) is 0 Å². The Morgan fingerprint density at radius 3 is 2.67 bits per heavy atom. The number of nitrogens with zero attached hydrogens (tertiary/aromatic N) is 1. The Morgan fingerprint density at radius 1 is 1.44 bits per heavy atom. The molecule has 1 saturated heterocycles. The molecule has 104 valence electrons. The number of nitrogens with one attached hydrogen (secondary N) is 1. The number of ether oxygens (including phenoxy) is 1. The first-order valence-corrected chi connectivity index (χ1v) is 6.60. The number of carbonyl (C=O) groups is 2. The van der Waals surface area contributed by atoms with E-state index in [-0.39, 0.29) is 23.8 Å². The summed E-state index contributed by atoms with van der Waals surface area (Å²) in [5.41, 5.74) is 0. The lowest BCUT2D eigenvalue weighted by atomic mass is 9.98. The minimum absolute atomic E-state index is 0.00163. The third-order valence-corrected chi connectivity index (χ3v) is 3.60. The predicted octanol–water partition coefficient (Wildman–Crippen LogP) is 0.785. The van der Waals surface area contributed by atoms with E-state index in [4.69, 9.17) is 4.74 Å². The zero-order chi connectivity index (χ0) is 13.7. The van der Waals surface area contributed by atoms with Gasteiger partial charge in [0.05, 0.1) is 12.6 Å². The van der Waals surface area contributed by atoms with Crippen LogP contribution in [-0.2, 0) is 14.3 Å². The first-order valence-electron chi connectivity index (χ1n) is 6.60. The molecular weight excluding hydrogens is 232 g/mol. The Bertz CT molecular complexity index is 307. The summed E-state index contributed by atoms with van der Waals surface area (Å²) in [6.07, 6.45) is 1.23. The van der Waals surface area contributed by atoms with Gasteiger partial charge in [-0.2, -0.15) is 0 Å². The minimum Gasteiger partial charge on any atom is -0.383 e. The van der Waals surface area contributed by atoms with Crippen LogP contribution in [-0.4, -0.2) is 49.1 Å². The number of carbonyl (C=O) groups excluding carboxylic acids is 2. The van der Waals surface area contributed by atoms with Crippen molar-refractivity contribution in [2.45, 2.75) is 45.7 Å². The number of hydrogen-bond acceptors (Lipinski definition) is 3. The standard InChI is InChI=1S/C13H24N2O3/c1-5-9(2)12-13(17)15(10(3)8-18-4)7-6-11(16)14-12/h9-10,12H,5-8H2,1-4H3,(H,14,16). The SMILES string of the molecule is CCC(C)C1NC(=O)CCN(C(C)COC)C1=O. The van der Waals surface area contributed by atoms with Crippen LogP contribution >= 0.6 is 0 Å². The third kappa shape index (κ3) is 3.45. The molecule has 0 spiro atoms. The summed E-state index contributed by atoms with van der Waals surface area (Å²) < 4.78 is 5.10. The van der Waals surface area contributed by atoms with Gasteiger partial charge in [0.15, 0.2) is 0 Å². The second-order valence-corrected chi connectivity index (χ2v) is 5.02. The van der Waals surface area contributed by atoms with E-state index in [0.717, 1.165) is 6.42 Å². The highest BCUT2D eigenvalue weighted by molar-refractivity contribution is 5.90. The molecule has 5 heteroatoms. The highest BCUT2D eigenvalue weighted by Crippen LogP contribution is 2.16. The second-order valence-electron chi connectivity index (χ2n) is 5.02. The molecule has 1 aliphatic heterocycles. The van der Waals surface area contributed by atoms with Crippen LogP contribution < -0.4 is 5.32 Å². The monoisotopic (exact) mass is 256 g/mol. The minimum atomic E-state index is -0.399. The van der Waals surface area contributed by atoms with Gasteiger partial charge in [0.2, 0.25) is 11.8 Å². The molecule has 2 amide bonds. The molecule has 1 N–H and O–H groups in total. The van der Waals surface area contributed by atoms with Crippen molar-refractivity contribution in [1.29, 1.82) is 0 Å². The molecule has 0 aromatic carbocycles. The molecule has 5 nitrogen and oxygen atoms in total. The Morgan fingerprint density at radius 2 is 2.11 bits per heavy atom. The van der Waals surface area contributed by atoms with Crippen LogP contribution in [0.4, 0.5) is 0 Å². The molecule has 1 rings (SSSR count). The fourth-order valence-corrected chi connectivity index (χ4v) is 2.21. The van der Waals surface area contributed by atoms with Crippen LogP contribution in [0.2, 0.25) is 0 Å². The number of amides is 2. The predicted molar refractivity (Wildman–Crippen MR) is 69.1 cm³/mol. The lowest BCUT2D eigenvalue weighted by Gasteiger charge is -2.31. The Labute approximate surface area is 109 Å². The molecule has 1 aliphatic rings. The average molecular weight is 256 g/mol. The normalized spacial score (nSPS) is 24.4. The number of methoxy groups -OCH3 is 1. The van der Waals surface area contributed by atoms with Gasteiger partial charge in [-0.25, -0.2) is 0 Å². The molecule has 1 fully saturated rings. The van der Waals surface area contributed by atoms with Crippen LogP contribution in [0.25, 0.3) is 0 Å². The molecule has 0 aromatic heterocycles. The second kappa shape index (κ2) is 6.73. The van der Waals surface area contributed by atoms with E-state index in [2.05, 4.69) is 5.32 Å². The van der Waals surface area contributed by atoms with Gasteiger partial charge in [0.25, 0.3) is 0 Å². The third-order valence-electron chi connectivity index (χ3n) is 3.60. The maximum atomic E-state index is 12.5. The van der Waals surface area contributed by atoms with Gasteiger partial charge in [0, 0.05) is 20.1 Å².